The smallest absolute Gasteiger partial charge is 0.270 e. The van der Waals surface area contributed by atoms with E-state index in [2.05, 4.69) is 16.5 Å². The maximum atomic E-state index is 11.4. The molecule has 0 aliphatic heterocycles. The van der Waals surface area contributed by atoms with Gasteiger partial charge in [0.1, 0.15) is 4.70 Å². The quantitative estimate of drug-likeness (QED) is 0.625. The van der Waals surface area contributed by atoms with Gasteiger partial charge in [-0.05, 0) is 12.2 Å². The Morgan fingerprint density at radius 3 is 3.29 bits per heavy atom. The highest BCUT2D eigenvalue weighted by atomic mass is 32.1. The van der Waals surface area contributed by atoms with Gasteiger partial charge in [-0.25, -0.2) is 4.98 Å². The van der Waals surface area contributed by atoms with E-state index in [9.17, 15) is 4.79 Å². The lowest BCUT2D eigenvalue weighted by Gasteiger charge is -1.96. The van der Waals surface area contributed by atoms with Crippen LogP contribution in [-0.2, 0) is 6.54 Å². The number of hydrogen-bond acceptors (Lipinski definition) is 4. The minimum Gasteiger partial charge on any atom is -0.312 e. The first-order valence-corrected chi connectivity index (χ1v) is 5.14. The van der Waals surface area contributed by atoms with Crippen LogP contribution in [0.3, 0.4) is 0 Å². The zero-order valence-electron chi connectivity index (χ0n) is 7.19. The van der Waals surface area contributed by atoms with E-state index in [0.717, 1.165) is 0 Å². The van der Waals surface area contributed by atoms with Crippen molar-refractivity contribution in [3.63, 3.8) is 0 Å². The number of aromatic nitrogens is 3. The van der Waals surface area contributed by atoms with Crippen LogP contribution in [-0.4, -0.2) is 14.5 Å². The highest BCUT2D eigenvalue weighted by molar-refractivity contribution is 7.73. The monoisotopic (exact) mass is 225 g/mol. The largest absolute Gasteiger partial charge is 0.312 e. The maximum absolute atomic E-state index is 11.4. The van der Waals surface area contributed by atoms with Crippen LogP contribution in [0.1, 0.15) is 0 Å². The first kappa shape index (κ1) is 9.29. The molecule has 0 saturated heterocycles. The van der Waals surface area contributed by atoms with Gasteiger partial charge < -0.3 is 9.55 Å². The Morgan fingerprint density at radius 2 is 2.57 bits per heavy atom. The molecule has 6 heteroatoms. The number of thiazole rings is 1. The molecular formula is C8H7N3OS2. The van der Waals surface area contributed by atoms with Gasteiger partial charge in [-0.3, -0.25) is 4.79 Å². The van der Waals surface area contributed by atoms with Crippen LogP contribution in [0.4, 0.5) is 0 Å². The summed E-state index contributed by atoms with van der Waals surface area (Å²) in [5, 5.41) is 0. The summed E-state index contributed by atoms with van der Waals surface area (Å²) in [6, 6.07) is 0. The Labute approximate surface area is 88.5 Å². The fourth-order valence-corrected chi connectivity index (χ4v) is 2.44. The standard InChI is InChI=1S/C8H7N3OS2/c1-2-3-11-6-5(14-8(11)13)7(12)10-4-9-6/h2,4H,1,3H2,(H,9,10,12). The number of hydrogen-bond donors (Lipinski definition) is 1. The van der Waals surface area contributed by atoms with Gasteiger partial charge in [-0.2, -0.15) is 0 Å². The lowest BCUT2D eigenvalue weighted by Crippen LogP contribution is -2.06. The summed E-state index contributed by atoms with van der Waals surface area (Å²) in [6.07, 6.45) is 3.11. The molecule has 0 unspecified atom stereocenters. The van der Waals surface area contributed by atoms with Gasteiger partial charge in [0, 0.05) is 6.54 Å². The molecule has 0 atom stereocenters. The molecule has 4 nitrogen and oxygen atoms in total. The summed E-state index contributed by atoms with van der Waals surface area (Å²) in [4.78, 5) is 18.0. The number of aromatic amines is 1. The fraction of sp³-hybridized carbons (Fsp3) is 0.125. The SMILES string of the molecule is C=CCn1c(=S)sc2c(=O)[nH]cnc21. The Bertz CT molecular complexity index is 592. The summed E-state index contributed by atoms with van der Waals surface area (Å²) in [6.45, 7) is 4.21. The molecule has 0 aromatic carbocycles. The van der Waals surface area contributed by atoms with Crippen molar-refractivity contribution in [3.05, 3.63) is 33.3 Å². The third-order valence-corrected chi connectivity index (χ3v) is 3.21. The van der Waals surface area contributed by atoms with Gasteiger partial charge in [0.05, 0.1) is 6.33 Å². The highest BCUT2D eigenvalue weighted by Crippen LogP contribution is 2.16. The molecule has 2 heterocycles. The molecule has 0 fully saturated rings. The molecule has 0 radical (unpaired) electrons. The first-order chi connectivity index (χ1) is 6.74. The number of nitrogens with zero attached hydrogens (tertiary/aromatic N) is 2. The number of nitrogens with one attached hydrogen (secondary N) is 1. The van der Waals surface area contributed by atoms with Gasteiger partial charge in [-0.1, -0.05) is 17.4 Å². The Hall–Kier alpha value is -1.27. The molecule has 2 rings (SSSR count). The van der Waals surface area contributed by atoms with Gasteiger partial charge in [0.15, 0.2) is 9.60 Å². The summed E-state index contributed by atoms with van der Waals surface area (Å²) in [5.41, 5.74) is 0.484. The predicted octanol–water partition coefficient (Wildman–Crippen LogP) is 1.70. The van der Waals surface area contributed by atoms with Crippen molar-refractivity contribution in [2.24, 2.45) is 0 Å². The Morgan fingerprint density at radius 1 is 1.79 bits per heavy atom. The van der Waals surface area contributed by atoms with Crippen LogP contribution >= 0.6 is 23.6 Å². The lowest BCUT2D eigenvalue weighted by molar-refractivity contribution is 0.844. The Kier molecular flexibility index (Phi) is 2.30. The minimum atomic E-state index is -0.145. The summed E-state index contributed by atoms with van der Waals surface area (Å²) in [5.74, 6) is 0. The number of fused-ring (bicyclic) bond motifs is 1. The predicted molar refractivity (Wildman–Crippen MR) is 59.3 cm³/mol. The van der Waals surface area contributed by atoms with Gasteiger partial charge in [0.2, 0.25) is 0 Å². The molecular weight excluding hydrogens is 218 g/mol. The van der Waals surface area contributed by atoms with E-state index in [1.54, 1.807) is 10.6 Å². The van der Waals surface area contributed by atoms with Crippen LogP contribution < -0.4 is 5.56 Å². The second-order valence-corrected chi connectivity index (χ2v) is 4.30. The lowest BCUT2D eigenvalue weighted by atomic mass is 10.5. The molecule has 14 heavy (non-hydrogen) atoms. The van der Waals surface area contributed by atoms with Gasteiger partial charge >= 0.3 is 0 Å². The molecule has 0 aliphatic carbocycles. The van der Waals surface area contributed by atoms with E-state index in [1.165, 1.54) is 17.7 Å². The fourth-order valence-electron chi connectivity index (χ4n) is 1.18. The highest BCUT2D eigenvalue weighted by Gasteiger charge is 2.07. The average Bonchev–Trinajstić information content (AvgIpc) is 2.47. The van der Waals surface area contributed by atoms with Crippen molar-refractivity contribution in [1.82, 2.24) is 14.5 Å². The van der Waals surface area contributed by atoms with Crippen LogP contribution in [0.5, 0.6) is 0 Å². The topological polar surface area (TPSA) is 50.7 Å². The number of allylic oxidation sites excluding steroid dienone is 1. The molecule has 0 bridgehead atoms. The van der Waals surface area contributed by atoms with Crippen molar-refractivity contribution < 1.29 is 0 Å². The third kappa shape index (κ3) is 1.32. The molecule has 0 saturated carbocycles. The van der Waals surface area contributed by atoms with E-state index >= 15 is 0 Å². The molecule has 0 spiro atoms. The van der Waals surface area contributed by atoms with Crippen molar-refractivity contribution in [2.45, 2.75) is 6.54 Å². The van der Waals surface area contributed by atoms with Crippen LogP contribution in [0, 0.1) is 3.95 Å². The number of H-pyrrole nitrogens is 1. The summed E-state index contributed by atoms with van der Waals surface area (Å²) >= 11 is 6.39. The van der Waals surface area contributed by atoms with E-state index in [-0.39, 0.29) is 5.56 Å². The van der Waals surface area contributed by atoms with Crippen LogP contribution in [0.15, 0.2) is 23.8 Å². The molecule has 0 amide bonds. The van der Waals surface area contributed by atoms with Crippen molar-refractivity contribution in [1.29, 1.82) is 0 Å². The summed E-state index contributed by atoms with van der Waals surface area (Å²) < 4.78 is 3.00. The van der Waals surface area contributed by atoms with Crippen LogP contribution in [0.25, 0.3) is 10.3 Å². The second-order valence-electron chi connectivity index (χ2n) is 2.65. The zero-order chi connectivity index (χ0) is 10.1. The second kappa shape index (κ2) is 3.47. The molecule has 2 aromatic heterocycles. The third-order valence-electron chi connectivity index (χ3n) is 1.77. The molecule has 0 aliphatic rings. The minimum absolute atomic E-state index is 0.145. The first-order valence-electron chi connectivity index (χ1n) is 3.92. The van der Waals surface area contributed by atoms with E-state index in [4.69, 9.17) is 12.2 Å². The molecule has 1 N–H and O–H groups in total. The summed E-state index contributed by atoms with van der Waals surface area (Å²) in [7, 11) is 0. The maximum Gasteiger partial charge on any atom is 0.270 e. The number of rotatable bonds is 2. The normalized spacial score (nSPS) is 10.6. The van der Waals surface area contributed by atoms with Crippen molar-refractivity contribution in [2.75, 3.05) is 0 Å². The van der Waals surface area contributed by atoms with Crippen molar-refractivity contribution in [3.8, 4) is 0 Å². The molecule has 2 aromatic rings. The zero-order valence-corrected chi connectivity index (χ0v) is 8.82. The molecule has 72 valence electrons. The van der Waals surface area contributed by atoms with E-state index < -0.39 is 0 Å². The van der Waals surface area contributed by atoms with Gasteiger partial charge in [0.25, 0.3) is 5.56 Å². The van der Waals surface area contributed by atoms with E-state index in [1.807, 2.05) is 0 Å². The van der Waals surface area contributed by atoms with Crippen LogP contribution in [0.2, 0.25) is 0 Å². The van der Waals surface area contributed by atoms with Crippen molar-refractivity contribution >= 4 is 33.9 Å². The average molecular weight is 225 g/mol. The van der Waals surface area contributed by atoms with E-state index in [0.29, 0.717) is 20.8 Å². The van der Waals surface area contributed by atoms with Gasteiger partial charge in [-0.15, -0.1) is 6.58 Å². The Balaban J connectivity index is 2.90.